The summed E-state index contributed by atoms with van der Waals surface area (Å²) in [5.74, 6) is 1.04. The number of methoxy groups -OCH3 is 2. The first kappa shape index (κ1) is 16.0. The number of aromatic nitrogens is 4. The van der Waals surface area contributed by atoms with Crippen molar-refractivity contribution in [2.24, 2.45) is 7.05 Å². The van der Waals surface area contributed by atoms with Crippen LogP contribution in [0, 0.1) is 0 Å². The Morgan fingerprint density at radius 2 is 1.96 bits per heavy atom. The molecule has 0 bridgehead atoms. The van der Waals surface area contributed by atoms with Crippen LogP contribution in [0.2, 0.25) is 0 Å². The fraction of sp³-hybridized carbons (Fsp3) is 0.467. The highest BCUT2D eigenvalue weighted by Gasteiger charge is 2.31. The first-order valence-electron chi connectivity index (χ1n) is 7.52. The molecule has 2 aromatic heterocycles. The van der Waals surface area contributed by atoms with Gasteiger partial charge < -0.3 is 19.1 Å². The zero-order valence-corrected chi connectivity index (χ0v) is 13.8. The lowest BCUT2D eigenvalue weighted by molar-refractivity contribution is 0.0767. The number of likely N-dealkylation sites (tertiary alicyclic amines) is 1. The Kier molecular flexibility index (Phi) is 4.50. The molecule has 1 aliphatic rings. The van der Waals surface area contributed by atoms with Crippen LogP contribution in [0.4, 0.5) is 0 Å². The van der Waals surface area contributed by atoms with Gasteiger partial charge in [0, 0.05) is 38.3 Å². The molecule has 3 heterocycles. The van der Waals surface area contributed by atoms with Gasteiger partial charge in [-0.3, -0.25) is 9.48 Å². The van der Waals surface area contributed by atoms with Gasteiger partial charge in [-0.25, -0.2) is 0 Å². The topological polar surface area (TPSA) is 91.6 Å². The maximum absolute atomic E-state index is 12.6. The number of carbonyl (C=O) groups excluding carboxylic acids is 1. The van der Waals surface area contributed by atoms with E-state index in [4.69, 9.17) is 14.2 Å². The smallest absolute Gasteiger partial charge is 0.261 e. The van der Waals surface area contributed by atoms with Crippen LogP contribution < -0.4 is 14.2 Å². The molecule has 24 heavy (non-hydrogen) atoms. The summed E-state index contributed by atoms with van der Waals surface area (Å²) in [5.41, 5.74) is 0.449. The molecule has 2 aromatic rings. The normalized spacial score (nSPS) is 17.0. The lowest BCUT2D eigenvalue weighted by Crippen LogP contribution is -2.31. The highest BCUT2D eigenvalue weighted by molar-refractivity contribution is 5.96. The third kappa shape index (κ3) is 3.24. The third-order valence-electron chi connectivity index (χ3n) is 3.76. The third-order valence-corrected chi connectivity index (χ3v) is 3.76. The monoisotopic (exact) mass is 333 g/mol. The Hall–Kier alpha value is -2.84. The van der Waals surface area contributed by atoms with Crippen LogP contribution in [0.1, 0.15) is 16.8 Å². The van der Waals surface area contributed by atoms with Gasteiger partial charge in [0.2, 0.25) is 17.6 Å². The summed E-state index contributed by atoms with van der Waals surface area (Å²) in [6.45, 7) is 1.08. The minimum Gasteiger partial charge on any atom is -0.480 e. The van der Waals surface area contributed by atoms with Crippen molar-refractivity contribution >= 4 is 5.91 Å². The summed E-state index contributed by atoms with van der Waals surface area (Å²) in [6.07, 6.45) is 2.26. The van der Waals surface area contributed by atoms with Crippen LogP contribution >= 0.6 is 0 Å². The minimum atomic E-state index is -0.126. The molecule has 0 saturated carbocycles. The number of aryl methyl sites for hydroxylation is 1. The molecule has 3 rings (SSSR count). The van der Waals surface area contributed by atoms with Gasteiger partial charge in [0.25, 0.3) is 5.91 Å². The van der Waals surface area contributed by atoms with Crippen molar-refractivity contribution in [1.82, 2.24) is 24.9 Å². The molecule has 9 heteroatoms. The van der Waals surface area contributed by atoms with Gasteiger partial charge in [0.1, 0.15) is 11.7 Å². The molecular weight excluding hydrogens is 314 g/mol. The van der Waals surface area contributed by atoms with E-state index in [0.717, 1.165) is 6.42 Å². The molecule has 1 fully saturated rings. The first-order chi connectivity index (χ1) is 11.6. The molecule has 1 atom stereocenters. The second kappa shape index (κ2) is 6.73. The molecule has 9 nitrogen and oxygen atoms in total. The molecule has 0 aromatic carbocycles. The maximum atomic E-state index is 12.6. The van der Waals surface area contributed by atoms with Gasteiger partial charge in [-0.15, -0.1) is 15.3 Å². The zero-order chi connectivity index (χ0) is 17.1. The van der Waals surface area contributed by atoms with Crippen LogP contribution in [-0.2, 0) is 7.05 Å². The van der Waals surface area contributed by atoms with Gasteiger partial charge in [-0.1, -0.05) is 0 Å². The maximum Gasteiger partial charge on any atom is 0.261 e. The van der Waals surface area contributed by atoms with Gasteiger partial charge in [0.05, 0.1) is 20.8 Å². The summed E-state index contributed by atoms with van der Waals surface area (Å²) in [5, 5.41) is 11.9. The van der Waals surface area contributed by atoms with Gasteiger partial charge in [-0.05, 0) is 0 Å². The average Bonchev–Trinajstić information content (AvgIpc) is 3.21. The molecule has 0 spiro atoms. The fourth-order valence-corrected chi connectivity index (χ4v) is 2.60. The van der Waals surface area contributed by atoms with Crippen LogP contribution in [0.5, 0.6) is 17.6 Å². The van der Waals surface area contributed by atoms with Crippen LogP contribution in [0.25, 0.3) is 0 Å². The fourth-order valence-electron chi connectivity index (χ4n) is 2.60. The molecule has 0 N–H and O–H groups in total. The Morgan fingerprint density at radius 1 is 1.21 bits per heavy atom. The Labute approximate surface area is 139 Å². The van der Waals surface area contributed by atoms with Gasteiger partial charge >= 0.3 is 0 Å². The summed E-state index contributed by atoms with van der Waals surface area (Å²) in [6, 6.07) is 3.38. The summed E-state index contributed by atoms with van der Waals surface area (Å²) < 4.78 is 17.4. The minimum absolute atomic E-state index is 0.119. The van der Waals surface area contributed by atoms with Crippen molar-refractivity contribution in [3.63, 3.8) is 0 Å². The van der Waals surface area contributed by atoms with E-state index < -0.39 is 0 Å². The summed E-state index contributed by atoms with van der Waals surface area (Å²) >= 11 is 0. The molecule has 0 unspecified atom stereocenters. The second-order valence-corrected chi connectivity index (χ2v) is 5.42. The molecule has 1 aliphatic heterocycles. The number of hydrogen-bond donors (Lipinski definition) is 0. The highest BCUT2D eigenvalue weighted by atomic mass is 16.5. The number of ether oxygens (including phenoxy) is 3. The van der Waals surface area contributed by atoms with Gasteiger partial charge in [-0.2, -0.15) is 0 Å². The zero-order valence-electron chi connectivity index (χ0n) is 13.8. The Balaban J connectivity index is 1.63. The average molecular weight is 333 g/mol. The number of nitrogens with zero attached hydrogens (tertiary/aromatic N) is 5. The van der Waals surface area contributed by atoms with Crippen LogP contribution in [-0.4, -0.2) is 64.2 Å². The van der Waals surface area contributed by atoms with Crippen molar-refractivity contribution in [1.29, 1.82) is 0 Å². The van der Waals surface area contributed by atoms with E-state index >= 15 is 0 Å². The SMILES string of the molecule is COc1ccc(O[C@@H]2CCN(C(=O)c3cn(C)nc3OC)C2)nn1. The predicted octanol–water partition coefficient (Wildman–Crippen LogP) is 0.521. The largest absolute Gasteiger partial charge is 0.480 e. The Morgan fingerprint density at radius 3 is 2.62 bits per heavy atom. The lowest BCUT2D eigenvalue weighted by atomic mass is 10.3. The number of amides is 1. The van der Waals surface area contributed by atoms with E-state index in [-0.39, 0.29) is 12.0 Å². The molecular formula is C15H19N5O4. The second-order valence-electron chi connectivity index (χ2n) is 5.42. The molecule has 1 saturated heterocycles. The van der Waals surface area contributed by atoms with Crippen LogP contribution in [0.3, 0.4) is 0 Å². The van der Waals surface area contributed by atoms with E-state index in [1.807, 2.05) is 0 Å². The predicted molar refractivity (Wildman–Crippen MR) is 83.3 cm³/mol. The Bertz CT molecular complexity index is 715. The van der Waals surface area contributed by atoms with E-state index in [1.165, 1.54) is 14.2 Å². The number of carbonyl (C=O) groups is 1. The highest BCUT2D eigenvalue weighted by Crippen LogP contribution is 2.22. The number of hydrogen-bond acceptors (Lipinski definition) is 7. The van der Waals surface area contributed by atoms with E-state index in [0.29, 0.717) is 36.3 Å². The van der Waals surface area contributed by atoms with E-state index in [9.17, 15) is 4.79 Å². The van der Waals surface area contributed by atoms with Crippen molar-refractivity contribution in [2.75, 3.05) is 27.3 Å². The molecule has 128 valence electrons. The van der Waals surface area contributed by atoms with Crippen molar-refractivity contribution in [3.05, 3.63) is 23.9 Å². The van der Waals surface area contributed by atoms with Crippen molar-refractivity contribution in [3.8, 4) is 17.6 Å². The molecule has 0 radical (unpaired) electrons. The van der Waals surface area contributed by atoms with E-state index in [1.54, 1.807) is 35.0 Å². The van der Waals surface area contributed by atoms with Crippen molar-refractivity contribution < 1.29 is 19.0 Å². The quantitative estimate of drug-likeness (QED) is 0.787. The van der Waals surface area contributed by atoms with Gasteiger partial charge in [0.15, 0.2) is 0 Å². The molecule has 1 amide bonds. The summed E-state index contributed by atoms with van der Waals surface area (Å²) in [7, 11) is 4.77. The first-order valence-corrected chi connectivity index (χ1v) is 7.52. The van der Waals surface area contributed by atoms with Crippen LogP contribution in [0.15, 0.2) is 18.3 Å². The standard InChI is InChI=1S/C15H19N5O4/c1-19-9-11(14(18-19)23-3)15(21)20-7-6-10(8-20)24-13-5-4-12(22-2)16-17-13/h4-5,9-10H,6-8H2,1-3H3/t10-/m1/s1. The molecule has 0 aliphatic carbocycles. The summed E-state index contributed by atoms with van der Waals surface area (Å²) in [4.78, 5) is 14.3. The number of rotatable bonds is 5. The lowest BCUT2D eigenvalue weighted by Gasteiger charge is -2.16. The van der Waals surface area contributed by atoms with Crippen molar-refractivity contribution in [2.45, 2.75) is 12.5 Å². The van der Waals surface area contributed by atoms with E-state index in [2.05, 4.69) is 15.3 Å².